The molecule has 0 bridgehead atoms. The summed E-state index contributed by atoms with van der Waals surface area (Å²) in [7, 11) is 1.61. The highest BCUT2D eigenvalue weighted by Gasteiger charge is 2.36. The predicted molar refractivity (Wildman–Crippen MR) is 91.3 cm³/mol. The molecule has 1 aliphatic heterocycles. The van der Waals surface area contributed by atoms with Crippen LogP contribution < -0.4 is 9.64 Å². The van der Waals surface area contributed by atoms with Gasteiger partial charge in [0.1, 0.15) is 0 Å². The van der Waals surface area contributed by atoms with E-state index in [0.717, 1.165) is 38.2 Å². The zero-order valence-corrected chi connectivity index (χ0v) is 13.8. The zero-order valence-electron chi connectivity index (χ0n) is 13.8. The Labute approximate surface area is 141 Å². The normalized spacial score (nSPS) is 24.0. The fourth-order valence-corrected chi connectivity index (χ4v) is 3.73. The molecule has 24 heavy (non-hydrogen) atoms. The van der Waals surface area contributed by atoms with Gasteiger partial charge in [-0.2, -0.15) is 4.98 Å². The largest absolute Gasteiger partial charge is 0.481 e. The maximum Gasteiger partial charge on any atom is 0.228 e. The second-order valence-electron chi connectivity index (χ2n) is 6.34. The van der Waals surface area contributed by atoms with Crippen molar-refractivity contribution in [3.05, 3.63) is 47.7 Å². The number of methoxy groups -OCH3 is 1. The molecular weight excluding hydrogens is 304 g/mol. The zero-order chi connectivity index (χ0) is 16.5. The first-order valence-electron chi connectivity index (χ1n) is 8.38. The lowest BCUT2D eigenvalue weighted by Crippen LogP contribution is -2.52. The summed E-state index contributed by atoms with van der Waals surface area (Å²) in [4.78, 5) is 13.3. The molecule has 0 radical (unpaired) electrons. The second kappa shape index (κ2) is 6.37. The van der Waals surface area contributed by atoms with Crippen molar-refractivity contribution in [1.29, 1.82) is 0 Å². The van der Waals surface area contributed by atoms with Crippen LogP contribution in [0.1, 0.15) is 17.2 Å². The number of piperazine rings is 1. The van der Waals surface area contributed by atoms with Crippen LogP contribution in [0.5, 0.6) is 5.88 Å². The van der Waals surface area contributed by atoms with Crippen molar-refractivity contribution in [3.8, 4) is 5.88 Å². The number of hydrogen-bond donors (Lipinski definition) is 1. The molecule has 2 heterocycles. The average Bonchev–Trinajstić information content (AvgIpc) is 2.99. The summed E-state index contributed by atoms with van der Waals surface area (Å²) in [6.45, 7) is 3.51. The van der Waals surface area contributed by atoms with Crippen molar-refractivity contribution >= 4 is 5.95 Å². The first kappa shape index (κ1) is 15.4. The summed E-state index contributed by atoms with van der Waals surface area (Å²) in [5.41, 5.74) is 2.36. The van der Waals surface area contributed by atoms with Crippen LogP contribution in [0.2, 0.25) is 0 Å². The Bertz CT molecular complexity index is 716. The maximum absolute atomic E-state index is 10.6. The van der Waals surface area contributed by atoms with Crippen LogP contribution in [0.15, 0.2) is 36.5 Å². The molecule has 1 saturated heterocycles. The van der Waals surface area contributed by atoms with Gasteiger partial charge >= 0.3 is 0 Å². The van der Waals surface area contributed by atoms with E-state index >= 15 is 0 Å². The van der Waals surface area contributed by atoms with Gasteiger partial charge in [-0.1, -0.05) is 24.3 Å². The monoisotopic (exact) mass is 326 g/mol. The van der Waals surface area contributed by atoms with E-state index in [0.29, 0.717) is 11.8 Å². The minimum absolute atomic E-state index is 0.177. The standard InChI is InChI=1S/C18H22N4O2/c1-24-16-6-7-19-18(20-16)22-10-8-21(9-11-22)15-12-13-4-2-3-5-14(13)17(15)23/h2-7,15,17,23H,8-12H2,1H3. The molecule has 0 spiro atoms. The molecule has 2 atom stereocenters. The Morgan fingerprint density at radius 2 is 1.92 bits per heavy atom. The van der Waals surface area contributed by atoms with Crippen LogP contribution in [-0.2, 0) is 6.42 Å². The maximum atomic E-state index is 10.6. The Balaban J connectivity index is 1.42. The number of aromatic nitrogens is 2. The van der Waals surface area contributed by atoms with Crippen molar-refractivity contribution in [2.24, 2.45) is 0 Å². The molecule has 2 aliphatic rings. The smallest absolute Gasteiger partial charge is 0.228 e. The summed E-state index contributed by atoms with van der Waals surface area (Å²) in [6, 6.07) is 10.1. The van der Waals surface area contributed by atoms with Gasteiger partial charge in [-0.05, 0) is 17.5 Å². The van der Waals surface area contributed by atoms with Crippen LogP contribution >= 0.6 is 0 Å². The van der Waals surface area contributed by atoms with E-state index in [9.17, 15) is 5.11 Å². The van der Waals surface area contributed by atoms with E-state index in [-0.39, 0.29) is 12.1 Å². The number of aliphatic hydroxyl groups is 1. The quantitative estimate of drug-likeness (QED) is 0.916. The van der Waals surface area contributed by atoms with Gasteiger partial charge in [0.15, 0.2) is 0 Å². The van der Waals surface area contributed by atoms with Crippen molar-refractivity contribution in [2.75, 3.05) is 38.2 Å². The molecule has 4 rings (SSSR count). The Morgan fingerprint density at radius 3 is 2.67 bits per heavy atom. The lowest BCUT2D eigenvalue weighted by Gasteiger charge is -2.39. The Kier molecular flexibility index (Phi) is 4.08. The molecule has 1 aliphatic carbocycles. The number of nitrogens with zero attached hydrogens (tertiary/aromatic N) is 4. The second-order valence-corrected chi connectivity index (χ2v) is 6.34. The van der Waals surface area contributed by atoms with Gasteiger partial charge in [-0.15, -0.1) is 0 Å². The molecule has 0 amide bonds. The molecular formula is C18H22N4O2. The molecule has 1 fully saturated rings. The first-order valence-corrected chi connectivity index (χ1v) is 8.38. The topological polar surface area (TPSA) is 61.7 Å². The Morgan fingerprint density at radius 1 is 1.12 bits per heavy atom. The van der Waals surface area contributed by atoms with Crippen LogP contribution in [0.4, 0.5) is 5.95 Å². The summed E-state index contributed by atoms with van der Waals surface area (Å²) in [5.74, 6) is 1.30. The van der Waals surface area contributed by atoms with Gasteiger partial charge in [0.2, 0.25) is 11.8 Å². The predicted octanol–water partition coefficient (Wildman–Crippen LogP) is 1.27. The van der Waals surface area contributed by atoms with E-state index in [2.05, 4.69) is 25.8 Å². The number of ether oxygens (including phenoxy) is 1. The number of aliphatic hydroxyl groups excluding tert-OH is 1. The first-order chi connectivity index (χ1) is 11.8. The van der Waals surface area contributed by atoms with Crippen molar-refractivity contribution in [2.45, 2.75) is 18.6 Å². The number of fused-ring (bicyclic) bond motifs is 1. The minimum Gasteiger partial charge on any atom is -0.481 e. The van der Waals surface area contributed by atoms with Crippen LogP contribution in [0, 0.1) is 0 Å². The highest BCUT2D eigenvalue weighted by molar-refractivity contribution is 5.37. The van der Waals surface area contributed by atoms with Crippen molar-refractivity contribution in [1.82, 2.24) is 14.9 Å². The number of benzene rings is 1. The molecule has 2 unspecified atom stereocenters. The van der Waals surface area contributed by atoms with E-state index in [1.165, 1.54) is 5.56 Å². The molecule has 1 aromatic carbocycles. The average molecular weight is 326 g/mol. The van der Waals surface area contributed by atoms with Crippen molar-refractivity contribution in [3.63, 3.8) is 0 Å². The van der Waals surface area contributed by atoms with Gasteiger partial charge in [0.25, 0.3) is 0 Å². The molecule has 2 aromatic rings. The fourth-order valence-electron chi connectivity index (χ4n) is 3.73. The SMILES string of the molecule is COc1ccnc(N2CCN(C3Cc4ccccc4C3O)CC2)n1. The summed E-state index contributed by atoms with van der Waals surface area (Å²) in [6.07, 6.45) is 2.26. The molecule has 6 nitrogen and oxygen atoms in total. The highest BCUT2D eigenvalue weighted by Crippen LogP contribution is 2.34. The van der Waals surface area contributed by atoms with Gasteiger partial charge in [0, 0.05) is 44.5 Å². The number of hydrogen-bond acceptors (Lipinski definition) is 6. The van der Waals surface area contributed by atoms with E-state index in [1.54, 1.807) is 19.4 Å². The van der Waals surface area contributed by atoms with Gasteiger partial charge in [-0.25, -0.2) is 4.98 Å². The number of anilines is 1. The van der Waals surface area contributed by atoms with Crippen molar-refractivity contribution < 1.29 is 9.84 Å². The third kappa shape index (κ3) is 2.72. The van der Waals surface area contributed by atoms with Gasteiger partial charge in [0.05, 0.1) is 13.2 Å². The molecule has 6 heteroatoms. The molecule has 1 aromatic heterocycles. The third-order valence-electron chi connectivity index (χ3n) is 5.06. The summed E-state index contributed by atoms with van der Waals surface area (Å²) >= 11 is 0. The minimum atomic E-state index is -0.388. The molecule has 0 saturated carbocycles. The Hall–Kier alpha value is -2.18. The van der Waals surface area contributed by atoms with Gasteiger partial charge in [-0.3, -0.25) is 4.90 Å². The number of rotatable bonds is 3. The molecule has 126 valence electrons. The van der Waals surface area contributed by atoms with Crippen LogP contribution in [-0.4, -0.2) is 59.3 Å². The fraction of sp³-hybridized carbons (Fsp3) is 0.444. The lowest BCUT2D eigenvalue weighted by atomic mass is 10.1. The summed E-state index contributed by atoms with van der Waals surface area (Å²) < 4.78 is 5.18. The highest BCUT2D eigenvalue weighted by atomic mass is 16.5. The van der Waals surface area contributed by atoms with Crippen LogP contribution in [0.25, 0.3) is 0 Å². The van der Waals surface area contributed by atoms with E-state index in [4.69, 9.17) is 4.74 Å². The summed E-state index contributed by atoms with van der Waals surface area (Å²) in [5, 5.41) is 10.6. The molecule has 1 N–H and O–H groups in total. The lowest BCUT2D eigenvalue weighted by molar-refractivity contribution is 0.0570. The third-order valence-corrected chi connectivity index (χ3v) is 5.06. The van der Waals surface area contributed by atoms with E-state index in [1.807, 2.05) is 18.2 Å². The van der Waals surface area contributed by atoms with Gasteiger partial charge < -0.3 is 14.7 Å². The van der Waals surface area contributed by atoms with Crippen LogP contribution in [0.3, 0.4) is 0 Å². The van der Waals surface area contributed by atoms with E-state index < -0.39 is 0 Å².